The first kappa shape index (κ1) is 21.1. The Hall–Kier alpha value is -0.970. The molecule has 4 nitrogen and oxygen atoms in total. The first-order valence-corrected chi connectivity index (χ1v) is 8.63. The number of likely N-dealkylation sites (N-methyl/N-ethyl adjacent to an activating group) is 1. The van der Waals surface area contributed by atoms with E-state index in [1.165, 1.54) is 5.56 Å². The molecule has 3 rings (SSSR count). The number of amides is 1. The first-order chi connectivity index (χ1) is 10.7. The van der Waals surface area contributed by atoms with Crippen molar-refractivity contribution in [2.45, 2.75) is 39.2 Å². The van der Waals surface area contributed by atoms with Crippen LogP contribution < -0.4 is 5.32 Å². The van der Waals surface area contributed by atoms with Crippen LogP contribution in [0.4, 0.5) is 5.69 Å². The number of benzene rings is 1. The fourth-order valence-electron chi connectivity index (χ4n) is 3.85. The Balaban J connectivity index is 0.00000144. The molecule has 1 atom stereocenters. The topological polar surface area (TPSA) is 35.6 Å². The van der Waals surface area contributed by atoms with Gasteiger partial charge in [0.05, 0.1) is 0 Å². The van der Waals surface area contributed by atoms with Crippen molar-refractivity contribution in [1.29, 1.82) is 0 Å². The van der Waals surface area contributed by atoms with Crippen LogP contribution in [0.2, 0.25) is 0 Å². The van der Waals surface area contributed by atoms with E-state index in [9.17, 15) is 4.79 Å². The normalized spacial score (nSPS) is 19.1. The molecule has 0 saturated carbocycles. The second-order valence-corrected chi connectivity index (χ2v) is 6.28. The fraction of sp³-hybridized carbons (Fsp3) is 0.611. The molecule has 0 radical (unpaired) electrons. The van der Waals surface area contributed by atoms with Gasteiger partial charge < -0.3 is 10.2 Å². The highest BCUT2D eigenvalue weighted by molar-refractivity contribution is 5.97. The van der Waals surface area contributed by atoms with Gasteiger partial charge >= 0.3 is 0 Å². The summed E-state index contributed by atoms with van der Waals surface area (Å²) in [5.41, 5.74) is 3.27. The molecule has 1 saturated heterocycles. The molecule has 2 heterocycles. The number of anilines is 1. The zero-order valence-electron chi connectivity index (χ0n) is 14.6. The third-order valence-corrected chi connectivity index (χ3v) is 5.10. The lowest BCUT2D eigenvalue weighted by Gasteiger charge is -2.27. The number of nitrogens with zero attached hydrogens (tertiary/aromatic N) is 2. The SMILES string of the molecule is CCN(CC)C1CCN(C(=O)c2cccc3c2CCCN3)C1.Cl.Cl. The van der Waals surface area contributed by atoms with Crippen molar-refractivity contribution in [2.75, 3.05) is 38.0 Å². The molecule has 1 N–H and O–H groups in total. The van der Waals surface area contributed by atoms with Crippen LogP contribution in [0.25, 0.3) is 0 Å². The van der Waals surface area contributed by atoms with Gasteiger partial charge in [0.25, 0.3) is 5.91 Å². The molecule has 1 aromatic carbocycles. The van der Waals surface area contributed by atoms with E-state index >= 15 is 0 Å². The lowest BCUT2D eigenvalue weighted by Crippen LogP contribution is -2.38. The zero-order chi connectivity index (χ0) is 15.5. The van der Waals surface area contributed by atoms with E-state index in [-0.39, 0.29) is 30.7 Å². The van der Waals surface area contributed by atoms with Crippen molar-refractivity contribution in [2.24, 2.45) is 0 Å². The highest BCUT2D eigenvalue weighted by Gasteiger charge is 2.31. The Morgan fingerprint density at radius 3 is 2.75 bits per heavy atom. The number of likely N-dealkylation sites (tertiary alicyclic amines) is 1. The number of halogens is 2. The molecule has 2 aliphatic rings. The summed E-state index contributed by atoms with van der Waals surface area (Å²) in [6.07, 6.45) is 3.22. The van der Waals surface area contributed by atoms with Gasteiger partial charge in [-0.25, -0.2) is 0 Å². The van der Waals surface area contributed by atoms with Gasteiger partial charge in [0.15, 0.2) is 0 Å². The summed E-state index contributed by atoms with van der Waals surface area (Å²) in [6.45, 7) is 9.30. The molecule has 0 spiro atoms. The van der Waals surface area contributed by atoms with E-state index in [1.54, 1.807) is 0 Å². The van der Waals surface area contributed by atoms with E-state index in [1.807, 2.05) is 17.0 Å². The summed E-state index contributed by atoms with van der Waals surface area (Å²) in [6, 6.07) is 6.62. The molecule has 1 aromatic rings. The third-order valence-electron chi connectivity index (χ3n) is 5.10. The van der Waals surface area contributed by atoms with Crippen molar-refractivity contribution < 1.29 is 4.79 Å². The predicted molar refractivity (Wildman–Crippen MR) is 105 cm³/mol. The maximum Gasteiger partial charge on any atom is 0.254 e. The lowest BCUT2D eigenvalue weighted by atomic mass is 9.97. The molecular weight excluding hydrogens is 345 g/mol. The van der Waals surface area contributed by atoms with Gasteiger partial charge in [-0.05, 0) is 50.0 Å². The smallest absolute Gasteiger partial charge is 0.254 e. The summed E-state index contributed by atoms with van der Waals surface area (Å²) in [5, 5.41) is 3.41. The van der Waals surface area contributed by atoms with Gasteiger partial charge in [0, 0.05) is 36.9 Å². The minimum Gasteiger partial charge on any atom is -0.385 e. The second kappa shape index (κ2) is 9.50. The summed E-state index contributed by atoms with van der Waals surface area (Å²) < 4.78 is 0. The van der Waals surface area contributed by atoms with Crippen molar-refractivity contribution in [3.8, 4) is 0 Å². The summed E-state index contributed by atoms with van der Waals surface area (Å²) in [7, 11) is 0. The molecule has 0 aliphatic carbocycles. The Labute approximate surface area is 157 Å². The number of nitrogens with one attached hydrogen (secondary N) is 1. The number of rotatable bonds is 4. The molecule has 1 amide bonds. The zero-order valence-corrected chi connectivity index (χ0v) is 16.2. The van der Waals surface area contributed by atoms with Crippen molar-refractivity contribution in [3.63, 3.8) is 0 Å². The number of fused-ring (bicyclic) bond motifs is 1. The average molecular weight is 374 g/mol. The average Bonchev–Trinajstić information content (AvgIpc) is 3.05. The monoisotopic (exact) mass is 373 g/mol. The van der Waals surface area contributed by atoms with Crippen LogP contribution in [-0.4, -0.2) is 54.5 Å². The third kappa shape index (κ3) is 4.16. The number of carbonyl (C=O) groups is 1. The molecule has 0 bridgehead atoms. The van der Waals surface area contributed by atoms with Crippen molar-refractivity contribution in [1.82, 2.24) is 9.80 Å². The van der Waals surface area contributed by atoms with E-state index < -0.39 is 0 Å². The maximum atomic E-state index is 12.9. The summed E-state index contributed by atoms with van der Waals surface area (Å²) in [4.78, 5) is 17.5. The fourth-order valence-corrected chi connectivity index (χ4v) is 3.85. The van der Waals surface area contributed by atoms with Crippen molar-refractivity contribution >= 4 is 36.4 Å². The molecule has 6 heteroatoms. The number of hydrogen-bond acceptors (Lipinski definition) is 3. The number of hydrogen-bond donors (Lipinski definition) is 1. The van der Waals surface area contributed by atoms with E-state index in [0.717, 1.165) is 63.2 Å². The molecule has 0 aromatic heterocycles. The first-order valence-electron chi connectivity index (χ1n) is 8.63. The molecule has 2 aliphatic heterocycles. The molecular formula is C18H29Cl2N3O. The Bertz CT molecular complexity index is 549. The van der Waals surface area contributed by atoms with Gasteiger partial charge in [-0.15, -0.1) is 24.8 Å². The molecule has 1 fully saturated rings. The van der Waals surface area contributed by atoms with Gasteiger partial charge in [0.2, 0.25) is 0 Å². The summed E-state index contributed by atoms with van der Waals surface area (Å²) >= 11 is 0. The van der Waals surface area contributed by atoms with Crippen LogP contribution in [0.3, 0.4) is 0 Å². The largest absolute Gasteiger partial charge is 0.385 e. The minimum atomic E-state index is 0. The predicted octanol–water partition coefficient (Wildman–Crippen LogP) is 3.44. The lowest BCUT2D eigenvalue weighted by molar-refractivity contribution is 0.0777. The van der Waals surface area contributed by atoms with Crippen LogP contribution in [0.15, 0.2) is 18.2 Å². The Morgan fingerprint density at radius 2 is 2.04 bits per heavy atom. The van der Waals surface area contributed by atoms with Crippen LogP contribution in [0, 0.1) is 0 Å². The van der Waals surface area contributed by atoms with Gasteiger partial charge in [-0.3, -0.25) is 9.69 Å². The standard InChI is InChI=1S/C18H27N3O.2ClH/c1-3-20(4-2)14-10-12-21(13-14)18(22)16-7-5-9-17-15(16)8-6-11-19-17;;/h5,7,9,14,19H,3-4,6,8,10-13H2,1-2H3;2*1H. The van der Waals surface area contributed by atoms with Crippen LogP contribution in [0.5, 0.6) is 0 Å². The number of carbonyl (C=O) groups excluding carboxylic acids is 1. The molecule has 24 heavy (non-hydrogen) atoms. The Morgan fingerprint density at radius 1 is 1.29 bits per heavy atom. The van der Waals surface area contributed by atoms with Crippen molar-refractivity contribution in [3.05, 3.63) is 29.3 Å². The molecule has 1 unspecified atom stereocenters. The van der Waals surface area contributed by atoms with Gasteiger partial charge in [0.1, 0.15) is 0 Å². The highest BCUT2D eigenvalue weighted by Crippen LogP contribution is 2.27. The van der Waals surface area contributed by atoms with Crippen LogP contribution in [0.1, 0.15) is 42.6 Å². The van der Waals surface area contributed by atoms with Gasteiger partial charge in [-0.1, -0.05) is 19.9 Å². The minimum absolute atomic E-state index is 0. The quantitative estimate of drug-likeness (QED) is 0.877. The maximum absolute atomic E-state index is 12.9. The van der Waals surface area contributed by atoms with Gasteiger partial charge in [-0.2, -0.15) is 0 Å². The van der Waals surface area contributed by atoms with Crippen LogP contribution in [-0.2, 0) is 6.42 Å². The second-order valence-electron chi connectivity index (χ2n) is 6.28. The summed E-state index contributed by atoms with van der Waals surface area (Å²) in [5.74, 6) is 0.218. The van der Waals surface area contributed by atoms with E-state index in [4.69, 9.17) is 0 Å². The van der Waals surface area contributed by atoms with Crippen LogP contribution >= 0.6 is 24.8 Å². The Kier molecular flexibility index (Phi) is 8.34. The highest BCUT2D eigenvalue weighted by atomic mass is 35.5. The molecule has 136 valence electrons. The van der Waals surface area contributed by atoms with E-state index in [2.05, 4.69) is 30.1 Å². The van der Waals surface area contributed by atoms with E-state index in [0.29, 0.717) is 6.04 Å².